The van der Waals surface area contributed by atoms with Crippen LogP contribution in [-0.4, -0.2) is 40.8 Å². The maximum atomic E-state index is 11.9. The maximum absolute atomic E-state index is 11.9. The molecule has 1 saturated heterocycles. The average Bonchev–Trinajstić information content (AvgIpc) is 2.96. The molecule has 6 nitrogen and oxygen atoms in total. The zero-order valence-corrected chi connectivity index (χ0v) is 11.8. The Morgan fingerprint density at radius 3 is 2.90 bits per heavy atom. The van der Waals surface area contributed by atoms with Crippen molar-refractivity contribution in [2.24, 2.45) is 7.05 Å². The molecule has 1 fully saturated rings. The highest BCUT2D eigenvalue weighted by Crippen LogP contribution is 2.17. The van der Waals surface area contributed by atoms with Crippen molar-refractivity contribution in [3.63, 3.8) is 0 Å². The van der Waals surface area contributed by atoms with Crippen molar-refractivity contribution < 1.29 is 19.4 Å². The van der Waals surface area contributed by atoms with Gasteiger partial charge in [-0.3, -0.25) is 4.79 Å². The molecule has 0 aromatic carbocycles. The molecule has 0 radical (unpaired) electrons. The summed E-state index contributed by atoms with van der Waals surface area (Å²) in [4.78, 5) is 23.2. The van der Waals surface area contributed by atoms with Gasteiger partial charge in [-0.15, -0.1) is 0 Å². The molecule has 2 N–H and O–H groups in total. The molecule has 0 aliphatic carbocycles. The predicted molar refractivity (Wildman–Crippen MR) is 72.8 cm³/mol. The number of ether oxygens (including phenoxy) is 1. The van der Waals surface area contributed by atoms with Crippen molar-refractivity contribution in [2.45, 2.75) is 32.3 Å². The molecule has 6 heteroatoms. The van der Waals surface area contributed by atoms with Gasteiger partial charge < -0.3 is 19.7 Å². The molecule has 0 spiro atoms. The highest BCUT2D eigenvalue weighted by atomic mass is 16.5. The lowest BCUT2D eigenvalue weighted by molar-refractivity contribution is -0.121. The number of carbonyl (C=O) groups is 2. The third kappa shape index (κ3) is 3.19. The summed E-state index contributed by atoms with van der Waals surface area (Å²) >= 11 is 0. The molecule has 1 aliphatic heterocycles. The van der Waals surface area contributed by atoms with Gasteiger partial charge in [-0.25, -0.2) is 4.79 Å². The molecule has 1 aliphatic rings. The van der Waals surface area contributed by atoms with Crippen LogP contribution in [0.25, 0.3) is 0 Å². The predicted octanol–water partition coefficient (Wildman–Crippen LogP) is 0.869. The van der Waals surface area contributed by atoms with E-state index in [1.165, 1.54) is 0 Å². The second kappa shape index (κ2) is 6.09. The molecule has 2 rings (SSSR count). The van der Waals surface area contributed by atoms with Gasteiger partial charge in [-0.05, 0) is 25.3 Å². The maximum Gasteiger partial charge on any atom is 0.337 e. The summed E-state index contributed by atoms with van der Waals surface area (Å²) < 4.78 is 7.13. The monoisotopic (exact) mass is 280 g/mol. The van der Waals surface area contributed by atoms with Crippen LogP contribution in [0.5, 0.6) is 0 Å². The first-order valence-corrected chi connectivity index (χ1v) is 6.75. The lowest BCUT2D eigenvalue weighted by atomic mass is 10.1. The van der Waals surface area contributed by atoms with E-state index in [-0.39, 0.29) is 24.0 Å². The number of carboxylic acid groups (broad SMARTS) is 1. The van der Waals surface area contributed by atoms with Crippen LogP contribution in [0.4, 0.5) is 0 Å². The summed E-state index contributed by atoms with van der Waals surface area (Å²) in [7, 11) is 1.75. The summed E-state index contributed by atoms with van der Waals surface area (Å²) in [6.07, 6.45) is 3.88. The van der Waals surface area contributed by atoms with Crippen LogP contribution >= 0.6 is 0 Å². The number of aromatic nitrogens is 1. The molecular formula is C14H20N2O4. The zero-order valence-electron chi connectivity index (χ0n) is 11.8. The molecule has 1 amide bonds. The number of hydrogen-bond donors (Lipinski definition) is 2. The van der Waals surface area contributed by atoms with Gasteiger partial charge >= 0.3 is 5.97 Å². The van der Waals surface area contributed by atoms with Gasteiger partial charge in [0.15, 0.2) is 0 Å². The third-order valence-electron chi connectivity index (χ3n) is 3.59. The van der Waals surface area contributed by atoms with Crippen LogP contribution in [0.15, 0.2) is 6.20 Å². The molecule has 1 unspecified atom stereocenters. The molecule has 2 heterocycles. The van der Waals surface area contributed by atoms with E-state index in [4.69, 9.17) is 4.74 Å². The number of carboxylic acids is 1. The molecule has 0 saturated carbocycles. The van der Waals surface area contributed by atoms with E-state index in [1.807, 2.05) is 0 Å². The number of amides is 1. The van der Waals surface area contributed by atoms with Crippen molar-refractivity contribution in [3.8, 4) is 0 Å². The molecular weight excluding hydrogens is 260 g/mol. The first-order valence-electron chi connectivity index (χ1n) is 6.75. The van der Waals surface area contributed by atoms with Crippen LogP contribution in [0.1, 0.15) is 34.5 Å². The van der Waals surface area contributed by atoms with E-state index in [2.05, 4.69) is 5.32 Å². The Morgan fingerprint density at radius 1 is 1.55 bits per heavy atom. The Hall–Kier alpha value is -1.82. The normalized spacial score (nSPS) is 18.2. The highest BCUT2D eigenvalue weighted by Gasteiger charge is 2.21. The standard InChI is InChI=1S/C14H20N2O4/c1-9-8-16(2)11(13(9)14(18)19)6-12(17)15-7-10-4-3-5-20-10/h8,10H,3-7H2,1-2H3,(H,15,17)(H,18,19). The minimum Gasteiger partial charge on any atom is -0.478 e. The van der Waals surface area contributed by atoms with Crippen LogP contribution in [0.3, 0.4) is 0 Å². The molecule has 1 aromatic rings. The molecule has 1 atom stereocenters. The SMILES string of the molecule is Cc1cn(C)c(CC(=O)NCC2CCCO2)c1C(=O)O. The van der Waals surface area contributed by atoms with Crippen LogP contribution in [0, 0.1) is 6.92 Å². The van der Waals surface area contributed by atoms with Crippen molar-refractivity contribution >= 4 is 11.9 Å². The van der Waals surface area contributed by atoms with Gasteiger partial charge in [0.2, 0.25) is 5.91 Å². The van der Waals surface area contributed by atoms with Crippen LogP contribution in [-0.2, 0) is 23.0 Å². The van der Waals surface area contributed by atoms with Gasteiger partial charge in [0, 0.05) is 32.1 Å². The Labute approximate surface area is 117 Å². The first kappa shape index (κ1) is 14.6. The zero-order chi connectivity index (χ0) is 14.7. The quantitative estimate of drug-likeness (QED) is 0.838. The van der Waals surface area contributed by atoms with Gasteiger partial charge in [-0.1, -0.05) is 0 Å². The number of hydrogen-bond acceptors (Lipinski definition) is 3. The number of nitrogens with one attached hydrogen (secondary N) is 1. The summed E-state index contributed by atoms with van der Waals surface area (Å²) in [5, 5.41) is 12.0. The second-order valence-electron chi connectivity index (χ2n) is 5.17. The van der Waals surface area contributed by atoms with E-state index in [0.29, 0.717) is 17.8 Å². The minimum atomic E-state index is -0.995. The van der Waals surface area contributed by atoms with E-state index in [0.717, 1.165) is 19.4 Å². The summed E-state index contributed by atoms with van der Waals surface area (Å²) in [5.74, 6) is -1.17. The Balaban J connectivity index is 1.98. The lowest BCUT2D eigenvalue weighted by Crippen LogP contribution is -2.33. The van der Waals surface area contributed by atoms with E-state index in [9.17, 15) is 14.7 Å². The van der Waals surface area contributed by atoms with Crippen molar-refractivity contribution in [2.75, 3.05) is 13.2 Å². The van der Waals surface area contributed by atoms with E-state index >= 15 is 0 Å². The summed E-state index contributed by atoms with van der Waals surface area (Å²) in [5.41, 5.74) is 1.42. The lowest BCUT2D eigenvalue weighted by Gasteiger charge is -2.11. The largest absolute Gasteiger partial charge is 0.478 e. The number of nitrogens with zero attached hydrogens (tertiary/aromatic N) is 1. The number of carbonyl (C=O) groups excluding carboxylic acids is 1. The topological polar surface area (TPSA) is 80.6 Å². The Morgan fingerprint density at radius 2 is 2.30 bits per heavy atom. The first-order chi connectivity index (χ1) is 9.49. The molecule has 0 bridgehead atoms. The number of aromatic carboxylic acids is 1. The van der Waals surface area contributed by atoms with Crippen molar-refractivity contribution in [3.05, 3.63) is 23.0 Å². The highest BCUT2D eigenvalue weighted by molar-refractivity contribution is 5.93. The van der Waals surface area contributed by atoms with Gasteiger partial charge in [0.05, 0.1) is 18.1 Å². The van der Waals surface area contributed by atoms with E-state index in [1.54, 1.807) is 24.7 Å². The second-order valence-corrected chi connectivity index (χ2v) is 5.17. The molecule has 110 valence electrons. The fraction of sp³-hybridized carbons (Fsp3) is 0.571. The Kier molecular flexibility index (Phi) is 4.44. The third-order valence-corrected chi connectivity index (χ3v) is 3.59. The fourth-order valence-corrected chi connectivity index (χ4v) is 2.59. The summed E-state index contributed by atoms with van der Waals surface area (Å²) in [6, 6.07) is 0. The van der Waals surface area contributed by atoms with Gasteiger partial charge in [-0.2, -0.15) is 0 Å². The van der Waals surface area contributed by atoms with Crippen LogP contribution < -0.4 is 5.32 Å². The number of rotatable bonds is 5. The molecule has 20 heavy (non-hydrogen) atoms. The van der Waals surface area contributed by atoms with Crippen molar-refractivity contribution in [1.29, 1.82) is 0 Å². The number of aryl methyl sites for hydroxylation is 2. The van der Waals surface area contributed by atoms with Crippen molar-refractivity contribution in [1.82, 2.24) is 9.88 Å². The average molecular weight is 280 g/mol. The summed E-state index contributed by atoms with van der Waals surface area (Å²) in [6.45, 7) is 2.97. The van der Waals surface area contributed by atoms with Gasteiger partial charge in [0.25, 0.3) is 0 Å². The van der Waals surface area contributed by atoms with E-state index < -0.39 is 5.97 Å². The fourth-order valence-electron chi connectivity index (χ4n) is 2.59. The smallest absolute Gasteiger partial charge is 0.337 e. The molecule has 1 aromatic heterocycles. The van der Waals surface area contributed by atoms with Crippen LogP contribution in [0.2, 0.25) is 0 Å². The van der Waals surface area contributed by atoms with Gasteiger partial charge in [0.1, 0.15) is 0 Å². The Bertz CT molecular complexity index is 515. The minimum absolute atomic E-state index is 0.0681.